The molecule has 1 aromatic carbocycles. The lowest BCUT2D eigenvalue weighted by Crippen LogP contribution is -2.20. The molecule has 0 saturated heterocycles. The first-order valence-electron chi connectivity index (χ1n) is 9.86. The van der Waals surface area contributed by atoms with Crippen molar-refractivity contribution in [3.63, 3.8) is 0 Å². The Hall–Kier alpha value is -3.62. The number of nitrogens with zero attached hydrogens (tertiary/aromatic N) is 4. The van der Waals surface area contributed by atoms with Gasteiger partial charge in [0, 0.05) is 34.4 Å². The molecule has 2 atom stereocenters. The molecule has 0 bridgehead atoms. The second-order valence-electron chi connectivity index (χ2n) is 7.29. The molecule has 0 spiro atoms. The maximum atomic E-state index is 11.3. The third kappa shape index (κ3) is 3.90. The van der Waals surface area contributed by atoms with Crippen LogP contribution in [-0.4, -0.2) is 36.3 Å². The summed E-state index contributed by atoms with van der Waals surface area (Å²) in [5, 5.41) is 21.4. The average Bonchev–Trinajstić information content (AvgIpc) is 3.49. The summed E-state index contributed by atoms with van der Waals surface area (Å²) in [5.41, 5.74) is 4.65. The van der Waals surface area contributed by atoms with Gasteiger partial charge in [0.1, 0.15) is 18.8 Å². The molecule has 0 fully saturated rings. The van der Waals surface area contributed by atoms with Crippen molar-refractivity contribution in [3.8, 4) is 21.8 Å². The number of benzene rings is 1. The number of aromatic nitrogens is 5. The highest BCUT2D eigenvalue weighted by atomic mass is 32.1. The highest BCUT2D eigenvalue weighted by molar-refractivity contribution is 7.16. The number of aliphatic hydroxyl groups excluding tert-OH is 1. The van der Waals surface area contributed by atoms with Crippen molar-refractivity contribution in [2.45, 2.75) is 19.1 Å². The van der Waals surface area contributed by atoms with Crippen LogP contribution in [0.3, 0.4) is 0 Å². The molecule has 154 valence electrons. The standard InChI is InChI=1S/C23H20N6OS/c1-14-8-17(6-7-26-14)20-9-19(22(31-20)23-27-13-28-29-23)21(30)16-4-2-15(3-5-16)18-10-24-12-25-11-18/h2-14,21,26,30H,1H3,(H,27,28,29). The van der Waals surface area contributed by atoms with Gasteiger partial charge in [-0.05, 0) is 42.0 Å². The lowest BCUT2D eigenvalue weighted by Gasteiger charge is -2.13. The molecule has 1 aliphatic heterocycles. The Morgan fingerprint density at radius 2 is 1.87 bits per heavy atom. The Labute approximate surface area is 183 Å². The van der Waals surface area contributed by atoms with Crippen LogP contribution in [0.2, 0.25) is 0 Å². The molecule has 31 heavy (non-hydrogen) atoms. The highest BCUT2D eigenvalue weighted by Crippen LogP contribution is 2.40. The van der Waals surface area contributed by atoms with E-state index < -0.39 is 6.10 Å². The fraction of sp³-hybridized carbons (Fsp3) is 0.130. The highest BCUT2D eigenvalue weighted by Gasteiger charge is 2.22. The largest absolute Gasteiger partial charge is 0.385 e. The molecule has 0 radical (unpaired) electrons. The van der Waals surface area contributed by atoms with E-state index in [4.69, 9.17) is 0 Å². The van der Waals surface area contributed by atoms with Gasteiger partial charge in [-0.25, -0.2) is 15.0 Å². The molecule has 3 N–H and O–H groups in total. The number of dihydropyridines is 1. The molecular formula is C23H20N6OS. The fourth-order valence-corrected chi connectivity index (χ4v) is 4.71. The Morgan fingerprint density at radius 1 is 1.06 bits per heavy atom. The molecule has 0 aliphatic carbocycles. The molecule has 4 heterocycles. The van der Waals surface area contributed by atoms with Crippen LogP contribution < -0.4 is 5.32 Å². The van der Waals surface area contributed by atoms with E-state index in [9.17, 15) is 5.11 Å². The number of allylic oxidation sites excluding steroid dienone is 2. The Balaban J connectivity index is 1.52. The van der Waals surface area contributed by atoms with Crippen molar-refractivity contribution in [2.75, 3.05) is 0 Å². The topological polar surface area (TPSA) is 99.6 Å². The van der Waals surface area contributed by atoms with Gasteiger partial charge in [-0.3, -0.25) is 5.10 Å². The van der Waals surface area contributed by atoms with Crippen molar-refractivity contribution in [1.82, 2.24) is 30.5 Å². The predicted molar refractivity (Wildman–Crippen MR) is 121 cm³/mol. The Kier molecular flexibility index (Phi) is 5.15. The number of hydrogen-bond donors (Lipinski definition) is 3. The van der Waals surface area contributed by atoms with Crippen molar-refractivity contribution >= 4 is 16.9 Å². The molecule has 1 aliphatic rings. The summed E-state index contributed by atoms with van der Waals surface area (Å²) in [6.45, 7) is 2.10. The minimum atomic E-state index is -0.796. The van der Waals surface area contributed by atoms with E-state index >= 15 is 0 Å². The van der Waals surface area contributed by atoms with Crippen LogP contribution >= 0.6 is 11.3 Å². The first kappa shape index (κ1) is 19.3. The zero-order valence-corrected chi connectivity index (χ0v) is 17.5. The average molecular weight is 429 g/mol. The summed E-state index contributed by atoms with van der Waals surface area (Å²) in [6, 6.07) is 10.1. The number of nitrogens with one attached hydrogen (secondary N) is 2. The van der Waals surface area contributed by atoms with E-state index in [1.165, 1.54) is 12.7 Å². The first-order chi connectivity index (χ1) is 15.2. The lowest BCUT2D eigenvalue weighted by atomic mass is 9.98. The number of aromatic amines is 1. The van der Waals surface area contributed by atoms with Crippen LogP contribution in [-0.2, 0) is 0 Å². The lowest BCUT2D eigenvalue weighted by molar-refractivity contribution is 0.221. The van der Waals surface area contributed by atoms with Gasteiger partial charge in [-0.2, -0.15) is 5.10 Å². The van der Waals surface area contributed by atoms with Crippen LogP contribution in [0.5, 0.6) is 0 Å². The van der Waals surface area contributed by atoms with Crippen molar-refractivity contribution in [3.05, 3.63) is 89.7 Å². The van der Waals surface area contributed by atoms with E-state index in [0.29, 0.717) is 5.82 Å². The van der Waals surface area contributed by atoms with E-state index in [2.05, 4.69) is 43.5 Å². The number of thiophene rings is 1. The van der Waals surface area contributed by atoms with E-state index in [0.717, 1.165) is 37.6 Å². The molecule has 4 aromatic rings. The second kappa shape index (κ2) is 8.25. The molecule has 5 rings (SSSR count). The van der Waals surface area contributed by atoms with E-state index in [-0.39, 0.29) is 6.04 Å². The third-order valence-electron chi connectivity index (χ3n) is 5.14. The number of rotatable bonds is 5. The minimum Gasteiger partial charge on any atom is -0.385 e. The normalized spacial score (nSPS) is 16.6. The fourth-order valence-electron chi connectivity index (χ4n) is 3.56. The zero-order chi connectivity index (χ0) is 21.2. The zero-order valence-electron chi connectivity index (χ0n) is 16.7. The summed E-state index contributed by atoms with van der Waals surface area (Å²) in [7, 11) is 0. The molecule has 8 heteroatoms. The molecule has 2 unspecified atom stereocenters. The maximum Gasteiger partial charge on any atom is 0.165 e. The summed E-state index contributed by atoms with van der Waals surface area (Å²) >= 11 is 1.59. The smallest absolute Gasteiger partial charge is 0.165 e. The van der Waals surface area contributed by atoms with Crippen molar-refractivity contribution in [1.29, 1.82) is 0 Å². The Bertz CT molecular complexity index is 1230. The van der Waals surface area contributed by atoms with E-state index in [1.807, 2.05) is 42.6 Å². The van der Waals surface area contributed by atoms with Crippen LogP contribution in [0, 0.1) is 0 Å². The SMILES string of the molecule is CC1C=C(c2cc(C(O)c3ccc(-c4cncnc4)cc3)c(-c3ncn[nH]3)s2)C=CN1. The van der Waals surface area contributed by atoms with Gasteiger partial charge in [0.15, 0.2) is 5.82 Å². The van der Waals surface area contributed by atoms with Gasteiger partial charge in [0.2, 0.25) is 0 Å². The van der Waals surface area contributed by atoms with Crippen molar-refractivity contribution in [2.24, 2.45) is 0 Å². The van der Waals surface area contributed by atoms with E-state index in [1.54, 1.807) is 23.7 Å². The number of H-pyrrole nitrogens is 1. The minimum absolute atomic E-state index is 0.249. The third-order valence-corrected chi connectivity index (χ3v) is 6.35. The molecule has 3 aromatic heterocycles. The summed E-state index contributed by atoms with van der Waals surface area (Å²) in [4.78, 5) is 14.4. The predicted octanol–water partition coefficient (Wildman–Crippen LogP) is 3.96. The van der Waals surface area contributed by atoms with Gasteiger partial charge < -0.3 is 10.4 Å². The molecule has 0 saturated carbocycles. The quantitative estimate of drug-likeness (QED) is 0.445. The monoisotopic (exact) mass is 428 g/mol. The Morgan fingerprint density at radius 3 is 2.58 bits per heavy atom. The van der Waals surface area contributed by atoms with Gasteiger partial charge in [-0.1, -0.05) is 30.3 Å². The van der Waals surface area contributed by atoms with Gasteiger partial charge >= 0.3 is 0 Å². The number of hydrogen-bond acceptors (Lipinski definition) is 7. The first-order valence-corrected chi connectivity index (χ1v) is 10.7. The van der Waals surface area contributed by atoms with Crippen LogP contribution in [0.4, 0.5) is 0 Å². The molecule has 0 amide bonds. The van der Waals surface area contributed by atoms with Crippen molar-refractivity contribution < 1.29 is 5.11 Å². The number of aliphatic hydroxyl groups is 1. The summed E-state index contributed by atoms with van der Waals surface area (Å²) in [5.74, 6) is 0.648. The summed E-state index contributed by atoms with van der Waals surface area (Å²) in [6.07, 6.45) is 11.9. The van der Waals surface area contributed by atoms with Gasteiger partial charge in [0.25, 0.3) is 0 Å². The van der Waals surface area contributed by atoms with Crippen LogP contribution in [0.25, 0.3) is 27.4 Å². The van der Waals surface area contributed by atoms with Gasteiger partial charge in [-0.15, -0.1) is 11.3 Å². The molecular weight excluding hydrogens is 408 g/mol. The molecule has 7 nitrogen and oxygen atoms in total. The van der Waals surface area contributed by atoms with Crippen LogP contribution in [0.1, 0.15) is 29.0 Å². The van der Waals surface area contributed by atoms with Gasteiger partial charge in [0.05, 0.1) is 4.88 Å². The second-order valence-corrected chi connectivity index (χ2v) is 8.34. The van der Waals surface area contributed by atoms with Crippen LogP contribution in [0.15, 0.2) is 73.7 Å². The maximum absolute atomic E-state index is 11.3. The summed E-state index contributed by atoms with van der Waals surface area (Å²) < 4.78 is 0.